The van der Waals surface area contributed by atoms with Crippen molar-refractivity contribution < 1.29 is 4.79 Å². The Hall–Kier alpha value is -1.75. The van der Waals surface area contributed by atoms with Crippen LogP contribution in [-0.4, -0.2) is 29.1 Å². The molecule has 0 amide bonds. The largest absolute Gasteiger partial charge is 0.348 e. The summed E-state index contributed by atoms with van der Waals surface area (Å²) < 4.78 is 0.996. The molecule has 0 bridgehead atoms. The van der Waals surface area contributed by atoms with Gasteiger partial charge in [-0.25, -0.2) is 0 Å². The topological polar surface area (TPSA) is 46.1 Å². The van der Waals surface area contributed by atoms with Gasteiger partial charge in [0.1, 0.15) is 0 Å². The normalized spacial score (nSPS) is 15.4. The first-order chi connectivity index (χ1) is 9.74. The Morgan fingerprint density at radius 1 is 1.10 bits per heavy atom. The summed E-state index contributed by atoms with van der Waals surface area (Å²) in [7, 11) is 0. The molecule has 4 nitrogen and oxygen atoms in total. The summed E-state index contributed by atoms with van der Waals surface area (Å²) in [5.41, 5.74) is 1.84. The molecule has 1 saturated heterocycles. The molecule has 0 spiro atoms. The third-order valence-electron chi connectivity index (χ3n) is 3.38. The van der Waals surface area contributed by atoms with Crippen LogP contribution >= 0.6 is 15.9 Å². The van der Waals surface area contributed by atoms with E-state index in [-0.39, 0.29) is 5.78 Å². The van der Waals surface area contributed by atoms with Crippen LogP contribution < -0.4 is 4.90 Å². The number of carbonyl (C=O) groups is 1. The quantitative estimate of drug-likeness (QED) is 0.848. The van der Waals surface area contributed by atoms with Gasteiger partial charge in [-0.3, -0.25) is 4.79 Å². The minimum absolute atomic E-state index is 0.271. The summed E-state index contributed by atoms with van der Waals surface area (Å²) in [5.74, 6) is 1.04. The molecule has 1 aromatic heterocycles. The fourth-order valence-electron chi connectivity index (χ4n) is 2.34. The van der Waals surface area contributed by atoms with Gasteiger partial charge in [0.05, 0.1) is 12.2 Å². The van der Waals surface area contributed by atoms with Crippen molar-refractivity contribution in [2.24, 2.45) is 0 Å². The molecule has 1 fully saturated rings. The number of anilines is 1. The predicted octanol–water partition coefficient (Wildman–Crippen LogP) is 3.08. The Morgan fingerprint density at radius 2 is 1.95 bits per heavy atom. The first-order valence-corrected chi connectivity index (χ1v) is 7.38. The van der Waals surface area contributed by atoms with Crippen molar-refractivity contribution in [1.29, 1.82) is 0 Å². The van der Waals surface area contributed by atoms with Gasteiger partial charge in [-0.05, 0) is 24.6 Å². The highest BCUT2D eigenvalue weighted by Gasteiger charge is 2.18. The summed E-state index contributed by atoms with van der Waals surface area (Å²) in [5, 5.41) is 8.53. The first kappa shape index (κ1) is 13.2. The van der Waals surface area contributed by atoms with E-state index in [0.29, 0.717) is 13.0 Å². The molecule has 3 rings (SSSR count). The minimum atomic E-state index is 0.271. The molecule has 102 valence electrons. The van der Waals surface area contributed by atoms with Gasteiger partial charge in [-0.1, -0.05) is 34.1 Å². The molecular formula is C15H14BrN3O. The van der Waals surface area contributed by atoms with Gasteiger partial charge in [0.25, 0.3) is 0 Å². The summed E-state index contributed by atoms with van der Waals surface area (Å²) >= 11 is 3.51. The summed E-state index contributed by atoms with van der Waals surface area (Å²) in [6.07, 6.45) is 1.57. The smallest absolute Gasteiger partial charge is 0.152 e. The number of nitrogens with zero attached hydrogens (tertiary/aromatic N) is 3. The molecule has 0 saturated carbocycles. The van der Waals surface area contributed by atoms with E-state index in [2.05, 4.69) is 26.1 Å². The van der Waals surface area contributed by atoms with E-state index in [1.807, 2.05) is 41.3 Å². The maximum absolute atomic E-state index is 11.5. The number of halogens is 1. The zero-order valence-electron chi connectivity index (χ0n) is 10.9. The second-order valence-electron chi connectivity index (χ2n) is 4.82. The second kappa shape index (κ2) is 5.71. The van der Waals surface area contributed by atoms with E-state index < -0.39 is 0 Å². The summed E-state index contributed by atoms with van der Waals surface area (Å²) in [6.45, 7) is 1.32. The lowest BCUT2D eigenvalue weighted by atomic mass is 10.1. The Bertz CT molecular complexity index is 627. The molecular weight excluding hydrogens is 318 g/mol. The van der Waals surface area contributed by atoms with Crippen molar-refractivity contribution in [3.8, 4) is 11.3 Å². The van der Waals surface area contributed by atoms with Gasteiger partial charge in [0.15, 0.2) is 11.6 Å². The van der Waals surface area contributed by atoms with E-state index in [4.69, 9.17) is 0 Å². The third kappa shape index (κ3) is 2.72. The van der Waals surface area contributed by atoms with E-state index >= 15 is 0 Å². The third-order valence-corrected chi connectivity index (χ3v) is 4.07. The van der Waals surface area contributed by atoms with E-state index in [1.54, 1.807) is 0 Å². The summed E-state index contributed by atoms with van der Waals surface area (Å²) in [6, 6.07) is 11.8. The highest BCUT2D eigenvalue weighted by Crippen LogP contribution is 2.26. The molecule has 0 radical (unpaired) electrons. The number of hydrogen-bond acceptors (Lipinski definition) is 4. The molecule has 1 aliphatic rings. The Kier molecular flexibility index (Phi) is 3.78. The van der Waals surface area contributed by atoms with Crippen molar-refractivity contribution in [3.63, 3.8) is 0 Å². The highest BCUT2D eigenvalue weighted by molar-refractivity contribution is 9.10. The second-order valence-corrected chi connectivity index (χ2v) is 5.67. The van der Waals surface area contributed by atoms with Crippen LogP contribution in [0.25, 0.3) is 11.3 Å². The standard InChI is InChI=1S/C15H14BrN3O/c16-13-6-2-1-5-12(13)14-7-8-15(18-17-14)19-9-3-4-11(20)10-19/h1-2,5-8H,3-4,9-10H2. The zero-order chi connectivity index (χ0) is 13.9. The minimum Gasteiger partial charge on any atom is -0.348 e. The lowest BCUT2D eigenvalue weighted by Crippen LogP contribution is -2.36. The first-order valence-electron chi connectivity index (χ1n) is 6.59. The SMILES string of the molecule is O=C1CCCN(c2ccc(-c3ccccc3Br)nn2)C1. The van der Waals surface area contributed by atoms with Crippen molar-refractivity contribution in [2.75, 3.05) is 18.0 Å². The monoisotopic (exact) mass is 331 g/mol. The number of hydrogen-bond donors (Lipinski definition) is 0. The fraction of sp³-hybridized carbons (Fsp3) is 0.267. The number of rotatable bonds is 2. The Balaban J connectivity index is 1.84. The van der Waals surface area contributed by atoms with Crippen LogP contribution in [0.5, 0.6) is 0 Å². The number of ketones is 1. The molecule has 5 heteroatoms. The lowest BCUT2D eigenvalue weighted by Gasteiger charge is -2.26. The van der Waals surface area contributed by atoms with E-state index in [9.17, 15) is 4.79 Å². The molecule has 0 unspecified atom stereocenters. The average Bonchev–Trinajstić information content (AvgIpc) is 2.48. The van der Waals surface area contributed by atoms with Gasteiger partial charge in [-0.2, -0.15) is 0 Å². The van der Waals surface area contributed by atoms with Crippen LogP contribution in [0.3, 0.4) is 0 Å². The van der Waals surface area contributed by atoms with Crippen LogP contribution in [-0.2, 0) is 4.79 Å². The van der Waals surface area contributed by atoms with Gasteiger partial charge < -0.3 is 4.90 Å². The Labute approximate surface area is 126 Å². The molecule has 0 atom stereocenters. The molecule has 2 aromatic rings. The molecule has 1 aliphatic heterocycles. The number of carbonyl (C=O) groups excluding carboxylic acids is 1. The molecule has 1 aromatic carbocycles. The number of aromatic nitrogens is 2. The Morgan fingerprint density at radius 3 is 2.65 bits per heavy atom. The van der Waals surface area contributed by atoms with Gasteiger partial charge in [0.2, 0.25) is 0 Å². The van der Waals surface area contributed by atoms with Crippen LogP contribution in [0.2, 0.25) is 0 Å². The van der Waals surface area contributed by atoms with Gasteiger partial charge >= 0.3 is 0 Å². The van der Waals surface area contributed by atoms with Crippen molar-refractivity contribution >= 4 is 27.5 Å². The van der Waals surface area contributed by atoms with Crippen molar-refractivity contribution in [3.05, 3.63) is 40.9 Å². The molecule has 2 heterocycles. The highest BCUT2D eigenvalue weighted by atomic mass is 79.9. The fourth-order valence-corrected chi connectivity index (χ4v) is 2.83. The predicted molar refractivity (Wildman–Crippen MR) is 81.6 cm³/mol. The zero-order valence-corrected chi connectivity index (χ0v) is 12.5. The maximum Gasteiger partial charge on any atom is 0.152 e. The number of Topliss-reactive ketones (excluding diaryl/α,β-unsaturated/α-hetero) is 1. The summed E-state index contributed by atoms with van der Waals surface area (Å²) in [4.78, 5) is 13.5. The number of benzene rings is 1. The molecule has 20 heavy (non-hydrogen) atoms. The lowest BCUT2D eigenvalue weighted by molar-refractivity contribution is -0.118. The van der Waals surface area contributed by atoms with Gasteiger partial charge in [-0.15, -0.1) is 10.2 Å². The van der Waals surface area contributed by atoms with Crippen molar-refractivity contribution in [1.82, 2.24) is 10.2 Å². The van der Waals surface area contributed by atoms with E-state index in [0.717, 1.165) is 34.5 Å². The van der Waals surface area contributed by atoms with Gasteiger partial charge in [0, 0.05) is 23.0 Å². The van der Waals surface area contributed by atoms with Crippen LogP contribution in [0.15, 0.2) is 40.9 Å². The molecule has 0 N–H and O–H groups in total. The average molecular weight is 332 g/mol. The van der Waals surface area contributed by atoms with Crippen molar-refractivity contribution in [2.45, 2.75) is 12.8 Å². The van der Waals surface area contributed by atoms with Crippen LogP contribution in [0.1, 0.15) is 12.8 Å². The van der Waals surface area contributed by atoms with Crippen LogP contribution in [0.4, 0.5) is 5.82 Å². The maximum atomic E-state index is 11.5. The number of piperidine rings is 1. The van der Waals surface area contributed by atoms with Crippen LogP contribution in [0, 0.1) is 0 Å². The molecule has 0 aliphatic carbocycles. The van der Waals surface area contributed by atoms with E-state index in [1.165, 1.54) is 0 Å².